The first-order valence-electron chi connectivity index (χ1n) is 3.26. The third-order valence-electron chi connectivity index (χ3n) is 1.19. The number of hydrogen-bond donors (Lipinski definition) is 0. The maximum Gasteiger partial charge on any atom is 0.0602 e. The van der Waals surface area contributed by atoms with Gasteiger partial charge in [-0.05, 0) is 27.9 Å². The van der Waals surface area contributed by atoms with Crippen molar-refractivity contribution >= 4 is 35.6 Å². The number of ether oxygens (including phenoxy) is 1. The Morgan fingerprint density at radius 1 is 1.50 bits per heavy atom. The zero-order chi connectivity index (χ0) is 7.40. The minimum Gasteiger partial charge on any atom is -0.379 e. The fraction of sp³-hybridized carbons (Fsp3) is 0.833. The second-order valence-corrected chi connectivity index (χ2v) is 6.73. The summed E-state index contributed by atoms with van der Waals surface area (Å²) in [7, 11) is 0. The first kappa shape index (κ1) is 8.90. The highest BCUT2D eigenvalue weighted by Gasteiger charge is 2.07. The lowest BCUT2D eigenvalue weighted by atomic mass is 10.5. The van der Waals surface area contributed by atoms with Crippen molar-refractivity contribution in [2.75, 3.05) is 26.3 Å². The van der Waals surface area contributed by atoms with Crippen LogP contribution >= 0.6 is 32.6 Å². The summed E-state index contributed by atoms with van der Waals surface area (Å²) in [5.74, 6) is 0. The van der Waals surface area contributed by atoms with Crippen molar-refractivity contribution in [3.05, 3.63) is 0 Å². The lowest BCUT2D eigenvalue weighted by molar-refractivity contribution is 0.0836. The summed E-state index contributed by atoms with van der Waals surface area (Å²) in [6.45, 7) is 5.88. The van der Waals surface area contributed by atoms with Gasteiger partial charge in [0.1, 0.15) is 0 Å². The van der Waals surface area contributed by atoms with Crippen LogP contribution in [0.3, 0.4) is 0 Å². The SMILES string of the molecule is CC(Cl)=IN1CCOCC1. The molecule has 0 aliphatic carbocycles. The minimum atomic E-state index is -0.0205. The van der Waals surface area contributed by atoms with Crippen molar-refractivity contribution in [1.29, 1.82) is 0 Å². The van der Waals surface area contributed by atoms with Crippen LogP contribution < -0.4 is 0 Å². The van der Waals surface area contributed by atoms with Crippen LogP contribution in [-0.2, 0) is 4.74 Å². The lowest BCUT2D eigenvalue weighted by Crippen LogP contribution is -2.29. The summed E-state index contributed by atoms with van der Waals surface area (Å²) in [5, 5.41) is 0. The van der Waals surface area contributed by atoms with Crippen LogP contribution in [-0.4, -0.2) is 32.4 Å². The van der Waals surface area contributed by atoms with Gasteiger partial charge >= 0.3 is 0 Å². The Kier molecular flexibility index (Phi) is 4.13. The van der Waals surface area contributed by atoms with E-state index in [1.165, 1.54) is 0 Å². The van der Waals surface area contributed by atoms with Gasteiger partial charge in [-0.1, -0.05) is 11.6 Å². The lowest BCUT2D eigenvalue weighted by Gasteiger charge is -2.22. The van der Waals surface area contributed by atoms with E-state index in [2.05, 4.69) is 3.11 Å². The van der Waals surface area contributed by atoms with E-state index in [0.29, 0.717) is 0 Å². The van der Waals surface area contributed by atoms with Crippen molar-refractivity contribution in [3.63, 3.8) is 0 Å². The average Bonchev–Trinajstić information content (AvgIpc) is 1.88. The Hall–Kier alpha value is 0.810. The van der Waals surface area contributed by atoms with Gasteiger partial charge in [0.15, 0.2) is 0 Å². The molecule has 1 fully saturated rings. The molecule has 0 aromatic rings. The summed E-state index contributed by atoms with van der Waals surface area (Å²) in [4.78, 5) is 0. The van der Waals surface area contributed by atoms with E-state index in [1.54, 1.807) is 0 Å². The van der Waals surface area contributed by atoms with Gasteiger partial charge in [0.05, 0.1) is 16.2 Å². The van der Waals surface area contributed by atoms with E-state index < -0.39 is 0 Å². The molecular formula is C6H11ClINO. The molecule has 0 atom stereocenters. The summed E-state index contributed by atoms with van der Waals surface area (Å²) >= 11 is 5.77. The Morgan fingerprint density at radius 3 is 2.60 bits per heavy atom. The first-order valence-corrected chi connectivity index (χ1v) is 5.68. The highest BCUT2D eigenvalue weighted by Crippen LogP contribution is 2.13. The summed E-state index contributed by atoms with van der Waals surface area (Å²) in [6, 6.07) is 0. The maximum atomic E-state index is 5.79. The molecule has 4 heteroatoms. The highest BCUT2D eigenvalue weighted by atomic mass is 127. The molecule has 0 N–H and O–H groups in total. The largest absolute Gasteiger partial charge is 0.379 e. The number of hydrogen-bond acceptors (Lipinski definition) is 2. The number of halogens is 2. The van der Waals surface area contributed by atoms with Crippen molar-refractivity contribution in [3.8, 4) is 0 Å². The molecule has 1 aliphatic rings. The van der Waals surface area contributed by atoms with Crippen LogP contribution in [0.1, 0.15) is 6.92 Å². The summed E-state index contributed by atoms with van der Waals surface area (Å²) in [6.07, 6.45) is 0. The third-order valence-corrected chi connectivity index (χ3v) is 3.93. The predicted molar refractivity (Wildman–Crippen MR) is 52.9 cm³/mol. The zero-order valence-electron chi connectivity index (χ0n) is 5.94. The maximum absolute atomic E-state index is 5.79. The number of rotatable bonds is 1. The van der Waals surface area contributed by atoms with Gasteiger partial charge in [-0.25, -0.2) is 3.11 Å². The van der Waals surface area contributed by atoms with E-state index in [9.17, 15) is 0 Å². The van der Waals surface area contributed by atoms with Crippen molar-refractivity contribution in [2.24, 2.45) is 0 Å². The molecule has 0 radical (unpaired) electrons. The Bertz CT molecular complexity index is 130. The molecule has 0 saturated carbocycles. The van der Waals surface area contributed by atoms with Gasteiger partial charge in [0.2, 0.25) is 0 Å². The topological polar surface area (TPSA) is 12.5 Å². The van der Waals surface area contributed by atoms with Gasteiger partial charge in [-0.2, -0.15) is 0 Å². The molecule has 60 valence electrons. The molecule has 10 heavy (non-hydrogen) atoms. The number of nitrogens with zero attached hydrogens (tertiary/aromatic N) is 1. The molecule has 0 aromatic heterocycles. The van der Waals surface area contributed by atoms with E-state index in [-0.39, 0.29) is 21.0 Å². The zero-order valence-corrected chi connectivity index (χ0v) is 8.85. The normalized spacial score (nSPS) is 24.0. The Labute approximate surface area is 76.6 Å². The Morgan fingerprint density at radius 2 is 2.10 bits per heavy atom. The molecule has 0 amide bonds. The quantitative estimate of drug-likeness (QED) is 0.532. The fourth-order valence-electron chi connectivity index (χ4n) is 0.790. The molecule has 2 nitrogen and oxygen atoms in total. The first-order chi connectivity index (χ1) is 4.79. The van der Waals surface area contributed by atoms with Crippen LogP contribution in [0.15, 0.2) is 0 Å². The second kappa shape index (κ2) is 4.64. The van der Waals surface area contributed by atoms with Crippen molar-refractivity contribution in [1.82, 2.24) is 3.11 Å². The van der Waals surface area contributed by atoms with E-state index in [0.717, 1.165) is 29.3 Å². The second-order valence-electron chi connectivity index (χ2n) is 2.06. The molecule has 1 aliphatic heterocycles. The van der Waals surface area contributed by atoms with Crippen LogP contribution in [0.2, 0.25) is 0 Å². The van der Waals surface area contributed by atoms with Crippen LogP contribution in [0.4, 0.5) is 0 Å². The Balaban J connectivity index is 2.33. The van der Waals surface area contributed by atoms with E-state index in [1.807, 2.05) is 6.92 Å². The highest BCUT2D eigenvalue weighted by molar-refractivity contribution is 14.2. The van der Waals surface area contributed by atoms with Crippen molar-refractivity contribution in [2.45, 2.75) is 6.92 Å². The molecule has 0 aromatic carbocycles. The molecule has 0 bridgehead atoms. The fourth-order valence-corrected chi connectivity index (χ4v) is 3.21. The minimum absolute atomic E-state index is 0.0205. The van der Waals surface area contributed by atoms with E-state index >= 15 is 0 Å². The van der Waals surface area contributed by atoms with Crippen LogP contribution in [0, 0.1) is 0 Å². The molecule has 0 spiro atoms. The van der Waals surface area contributed by atoms with Gasteiger partial charge in [0.25, 0.3) is 0 Å². The summed E-state index contributed by atoms with van der Waals surface area (Å²) < 4.78 is 8.68. The molecule has 0 unspecified atom stereocenters. The van der Waals surface area contributed by atoms with Crippen LogP contribution in [0.25, 0.3) is 0 Å². The molecule has 1 rings (SSSR count). The smallest absolute Gasteiger partial charge is 0.0602 e. The molecule has 1 saturated heterocycles. The average molecular weight is 276 g/mol. The van der Waals surface area contributed by atoms with Gasteiger partial charge in [-0.15, -0.1) is 0 Å². The van der Waals surface area contributed by atoms with Gasteiger partial charge in [-0.3, -0.25) is 0 Å². The molecule has 1 heterocycles. The predicted octanol–water partition coefficient (Wildman–Crippen LogP) is 1.59. The standard InChI is InChI=1S/C6H11ClINO/c1-6(7)8-9-2-4-10-5-3-9/h2-5H2,1H3. The monoisotopic (exact) mass is 275 g/mol. The summed E-state index contributed by atoms with van der Waals surface area (Å²) in [5.41, 5.74) is 0. The van der Waals surface area contributed by atoms with E-state index in [4.69, 9.17) is 16.3 Å². The van der Waals surface area contributed by atoms with Gasteiger partial charge < -0.3 is 4.74 Å². The third kappa shape index (κ3) is 3.27. The van der Waals surface area contributed by atoms with Crippen LogP contribution in [0.5, 0.6) is 0 Å². The molecular weight excluding hydrogens is 264 g/mol. The number of morpholine rings is 1. The van der Waals surface area contributed by atoms with Gasteiger partial charge in [0, 0.05) is 13.1 Å². The van der Waals surface area contributed by atoms with Crippen molar-refractivity contribution < 1.29 is 4.74 Å².